The highest BCUT2D eigenvalue weighted by Crippen LogP contribution is 2.25. The average molecular weight is 528 g/mol. The summed E-state index contributed by atoms with van der Waals surface area (Å²) in [5, 5.41) is 6.88. The number of morpholine rings is 1. The molecule has 3 N–H and O–H groups in total. The van der Waals surface area contributed by atoms with E-state index < -0.39 is 6.09 Å². The van der Waals surface area contributed by atoms with E-state index in [1.165, 1.54) is 6.33 Å². The molecule has 38 heavy (non-hydrogen) atoms. The highest BCUT2D eigenvalue weighted by atomic mass is 16.6. The molecule has 0 atom stereocenters. The number of carbonyl (C=O) groups excluding carboxylic acids is 1. The summed E-state index contributed by atoms with van der Waals surface area (Å²) < 4.78 is 16.6. The van der Waals surface area contributed by atoms with Gasteiger partial charge >= 0.3 is 6.09 Å². The van der Waals surface area contributed by atoms with Crippen molar-refractivity contribution in [3.63, 3.8) is 0 Å². The highest BCUT2D eigenvalue weighted by molar-refractivity contribution is 5.91. The molecule has 2 aromatic rings. The van der Waals surface area contributed by atoms with Crippen molar-refractivity contribution in [2.24, 2.45) is 5.16 Å². The highest BCUT2D eigenvalue weighted by Gasteiger charge is 2.25. The Morgan fingerprint density at radius 3 is 2.63 bits per heavy atom. The van der Waals surface area contributed by atoms with Crippen molar-refractivity contribution in [2.75, 3.05) is 68.5 Å². The number of ether oxygens (including phenoxy) is 3. The van der Waals surface area contributed by atoms with Gasteiger partial charge in [0, 0.05) is 51.3 Å². The number of nitrogens with one attached hydrogen (secondary N) is 1. The van der Waals surface area contributed by atoms with E-state index in [2.05, 4.69) is 30.2 Å². The molecular weight excluding hydrogens is 490 g/mol. The molecule has 206 valence electrons. The van der Waals surface area contributed by atoms with Crippen molar-refractivity contribution in [1.29, 1.82) is 0 Å². The Morgan fingerprint density at radius 1 is 1.18 bits per heavy atom. The Bertz CT molecular complexity index is 1050. The first-order chi connectivity index (χ1) is 18.5. The number of oxime groups is 1. The van der Waals surface area contributed by atoms with Crippen LogP contribution in [0.5, 0.6) is 5.75 Å². The molecule has 4 rings (SSSR count). The molecule has 0 aliphatic carbocycles. The summed E-state index contributed by atoms with van der Waals surface area (Å²) >= 11 is 0. The summed E-state index contributed by atoms with van der Waals surface area (Å²) in [5.74, 6) is 1.77. The Labute approximate surface area is 223 Å². The molecule has 0 unspecified atom stereocenters. The Morgan fingerprint density at radius 2 is 1.92 bits per heavy atom. The topological polar surface area (TPSA) is 137 Å². The third-order valence-corrected chi connectivity index (χ3v) is 6.24. The third kappa shape index (κ3) is 8.18. The first-order valence-electron chi connectivity index (χ1n) is 13.0. The summed E-state index contributed by atoms with van der Waals surface area (Å²) in [6, 6.07) is 7.21. The van der Waals surface area contributed by atoms with Crippen LogP contribution in [0.25, 0.3) is 0 Å². The largest absolute Gasteiger partial charge is 0.491 e. The number of aromatic nitrogens is 2. The van der Waals surface area contributed by atoms with Crippen molar-refractivity contribution in [2.45, 2.75) is 38.9 Å². The fourth-order valence-corrected chi connectivity index (χ4v) is 4.29. The van der Waals surface area contributed by atoms with Crippen LogP contribution in [0.3, 0.4) is 0 Å². The van der Waals surface area contributed by atoms with Crippen LogP contribution in [0.2, 0.25) is 0 Å². The fourth-order valence-electron chi connectivity index (χ4n) is 4.29. The summed E-state index contributed by atoms with van der Waals surface area (Å²) in [4.78, 5) is 30.8. The van der Waals surface area contributed by atoms with Gasteiger partial charge in [-0.1, -0.05) is 5.16 Å². The van der Waals surface area contributed by atoms with Gasteiger partial charge in [0.2, 0.25) is 0 Å². The number of anilines is 3. The van der Waals surface area contributed by atoms with E-state index in [-0.39, 0.29) is 12.2 Å². The normalized spacial score (nSPS) is 17.1. The molecule has 2 aliphatic rings. The first kappa shape index (κ1) is 27.4. The van der Waals surface area contributed by atoms with Crippen molar-refractivity contribution < 1.29 is 23.8 Å². The molecule has 3 heterocycles. The standard InChI is InChI=1S/C26H37N7O5/c1-19(2)37-21-5-3-20(4-6-21)31-26(34)38-22-7-9-33(10-8-22)25-23(24(27)28-18-29-25)17-30-36-16-13-32-11-14-35-15-12-32/h3-6,17-19,22H,7-16H2,1-2H3,(H,31,34)(H2,27,28,29)/b30-17+. The second-order valence-corrected chi connectivity index (χ2v) is 9.43. The van der Waals surface area contributed by atoms with E-state index in [4.69, 9.17) is 24.8 Å². The number of piperidine rings is 1. The maximum Gasteiger partial charge on any atom is 0.411 e. The number of amides is 1. The smallest absolute Gasteiger partial charge is 0.411 e. The molecule has 0 radical (unpaired) electrons. The summed E-state index contributed by atoms with van der Waals surface area (Å²) in [6.45, 7) is 9.78. The van der Waals surface area contributed by atoms with Crippen LogP contribution in [0.1, 0.15) is 32.3 Å². The molecular formula is C26H37N7O5. The van der Waals surface area contributed by atoms with Gasteiger partial charge in [-0.2, -0.15) is 0 Å². The number of rotatable bonds is 10. The van der Waals surface area contributed by atoms with Gasteiger partial charge in [0.15, 0.2) is 0 Å². The van der Waals surface area contributed by atoms with Gasteiger partial charge in [-0.15, -0.1) is 0 Å². The first-order valence-corrected chi connectivity index (χ1v) is 13.0. The van der Waals surface area contributed by atoms with Gasteiger partial charge in [-0.3, -0.25) is 10.2 Å². The molecule has 2 saturated heterocycles. The summed E-state index contributed by atoms with van der Waals surface area (Å²) in [7, 11) is 0. The number of benzene rings is 1. The lowest BCUT2D eigenvalue weighted by atomic mass is 10.1. The molecule has 0 spiro atoms. The zero-order valence-corrected chi connectivity index (χ0v) is 22.0. The predicted octanol–water partition coefficient (Wildman–Crippen LogP) is 2.75. The Hall–Kier alpha value is -3.64. The number of hydrogen-bond donors (Lipinski definition) is 2. The molecule has 12 heteroatoms. The van der Waals surface area contributed by atoms with Gasteiger partial charge < -0.3 is 29.7 Å². The SMILES string of the molecule is CC(C)Oc1ccc(NC(=O)OC2CCN(c3ncnc(N)c3/C=N/OCCN3CCOCC3)CC2)cc1. The van der Waals surface area contributed by atoms with E-state index in [9.17, 15) is 4.79 Å². The zero-order valence-electron chi connectivity index (χ0n) is 22.0. The Balaban J connectivity index is 1.24. The van der Waals surface area contributed by atoms with Gasteiger partial charge in [0.05, 0.1) is 31.1 Å². The van der Waals surface area contributed by atoms with Crippen LogP contribution in [0, 0.1) is 0 Å². The van der Waals surface area contributed by atoms with Crippen LogP contribution >= 0.6 is 0 Å². The van der Waals surface area contributed by atoms with Crippen LogP contribution in [-0.4, -0.2) is 91.9 Å². The summed E-state index contributed by atoms with van der Waals surface area (Å²) in [5.41, 5.74) is 7.39. The molecule has 2 aliphatic heterocycles. The lowest BCUT2D eigenvalue weighted by molar-refractivity contribution is 0.0214. The number of carbonyl (C=O) groups is 1. The lowest BCUT2D eigenvalue weighted by Gasteiger charge is -2.33. The van der Waals surface area contributed by atoms with E-state index in [1.54, 1.807) is 18.3 Å². The zero-order chi connectivity index (χ0) is 26.7. The molecule has 1 aromatic carbocycles. The van der Waals surface area contributed by atoms with Crippen LogP contribution in [0.4, 0.5) is 22.1 Å². The average Bonchev–Trinajstić information content (AvgIpc) is 2.91. The molecule has 0 bridgehead atoms. The number of nitrogen functional groups attached to an aromatic ring is 1. The van der Waals surface area contributed by atoms with Crippen molar-refractivity contribution in [1.82, 2.24) is 14.9 Å². The minimum absolute atomic E-state index is 0.0886. The molecule has 12 nitrogen and oxygen atoms in total. The van der Waals surface area contributed by atoms with Crippen LogP contribution < -0.4 is 20.7 Å². The van der Waals surface area contributed by atoms with E-state index in [1.807, 2.05) is 26.0 Å². The molecule has 2 fully saturated rings. The quantitative estimate of drug-likeness (QED) is 0.270. The minimum atomic E-state index is -0.477. The van der Waals surface area contributed by atoms with Crippen molar-refractivity contribution >= 4 is 29.6 Å². The molecule has 0 saturated carbocycles. The second-order valence-electron chi connectivity index (χ2n) is 9.43. The predicted molar refractivity (Wildman–Crippen MR) is 145 cm³/mol. The summed E-state index contributed by atoms with van der Waals surface area (Å²) in [6.07, 6.45) is 3.73. The Kier molecular flexibility index (Phi) is 9.93. The van der Waals surface area contributed by atoms with E-state index >= 15 is 0 Å². The number of nitrogens with two attached hydrogens (primary N) is 1. The van der Waals surface area contributed by atoms with Gasteiger partial charge in [0.1, 0.15) is 36.4 Å². The van der Waals surface area contributed by atoms with Crippen molar-refractivity contribution in [3.05, 3.63) is 36.2 Å². The molecule has 1 amide bonds. The second kappa shape index (κ2) is 13.8. The third-order valence-electron chi connectivity index (χ3n) is 6.24. The number of hydrogen-bond acceptors (Lipinski definition) is 11. The van der Waals surface area contributed by atoms with Crippen LogP contribution in [0.15, 0.2) is 35.7 Å². The van der Waals surface area contributed by atoms with E-state index in [0.717, 1.165) is 38.6 Å². The lowest BCUT2D eigenvalue weighted by Crippen LogP contribution is -2.39. The molecule has 1 aromatic heterocycles. The van der Waals surface area contributed by atoms with Crippen molar-refractivity contribution in [3.8, 4) is 5.75 Å². The van der Waals surface area contributed by atoms with E-state index in [0.29, 0.717) is 55.4 Å². The van der Waals surface area contributed by atoms with Gasteiger partial charge in [-0.05, 0) is 38.1 Å². The monoisotopic (exact) mass is 527 g/mol. The van der Waals surface area contributed by atoms with Gasteiger partial charge in [-0.25, -0.2) is 14.8 Å². The maximum absolute atomic E-state index is 12.4. The maximum atomic E-state index is 12.4. The fraction of sp³-hybridized carbons (Fsp3) is 0.538. The minimum Gasteiger partial charge on any atom is -0.491 e. The van der Waals surface area contributed by atoms with Crippen LogP contribution in [-0.2, 0) is 14.3 Å². The number of nitrogens with zero attached hydrogens (tertiary/aromatic N) is 5. The van der Waals surface area contributed by atoms with Gasteiger partial charge in [0.25, 0.3) is 0 Å².